The summed E-state index contributed by atoms with van der Waals surface area (Å²) in [6, 6.07) is 1.75. The standard InChI is InChI=1S/C17H18N6OS.C4H7NO/c1-24-16-11(6-9(7-18)14(19)23-16)22-15-13-10-4-2-3-5-12(10)25-17(13)21-8-20-15;6-4-5-2-1-3-5/h6-8,18H,2-5H2,1H3,(H2,19,23)(H,20,21,22);4H,1-3H2. The molecule has 10 heteroatoms. The van der Waals surface area contributed by atoms with Crippen LogP contribution in [0.1, 0.15) is 35.3 Å². The van der Waals surface area contributed by atoms with Gasteiger partial charge in [0.1, 0.15) is 28.5 Å². The summed E-state index contributed by atoms with van der Waals surface area (Å²) in [6.45, 7) is 1.95. The first-order valence-corrected chi connectivity index (χ1v) is 11.0. The molecule has 2 aliphatic rings. The maximum absolute atomic E-state index is 9.71. The Balaban J connectivity index is 0.000000334. The number of hydrogen-bond acceptors (Lipinski definition) is 9. The lowest BCUT2D eigenvalue weighted by molar-refractivity contribution is -0.121. The highest BCUT2D eigenvalue weighted by atomic mass is 32.1. The van der Waals surface area contributed by atoms with Gasteiger partial charge in [0.25, 0.3) is 0 Å². The highest BCUT2D eigenvalue weighted by molar-refractivity contribution is 7.19. The van der Waals surface area contributed by atoms with Crippen molar-refractivity contribution in [2.75, 3.05) is 31.2 Å². The average Bonchev–Trinajstić information content (AvgIpc) is 3.14. The molecule has 4 heterocycles. The zero-order valence-electron chi connectivity index (χ0n) is 17.4. The largest absolute Gasteiger partial charge is 0.479 e. The van der Waals surface area contributed by atoms with Gasteiger partial charge in [-0.15, -0.1) is 11.3 Å². The Bertz CT molecular complexity index is 1110. The quantitative estimate of drug-likeness (QED) is 0.411. The van der Waals surface area contributed by atoms with Gasteiger partial charge in [0.05, 0.1) is 12.5 Å². The number of nitrogens with one attached hydrogen (secondary N) is 2. The zero-order chi connectivity index (χ0) is 21.8. The van der Waals surface area contributed by atoms with E-state index in [9.17, 15) is 4.79 Å². The number of amides is 1. The van der Waals surface area contributed by atoms with Crippen LogP contribution in [0.15, 0.2) is 12.4 Å². The van der Waals surface area contributed by atoms with Crippen LogP contribution in [0.3, 0.4) is 0 Å². The number of pyridine rings is 1. The minimum absolute atomic E-state index is 0.262. The number of carbonyl (C=O) groups is 1. The van der Waals surface area contributed by atoms with Crippen LogP contribution < -0.4 is 15.8 Å². The van der Waals surface area contributed by atoms with Gasteiger partial charge < -0.3 is 26.1 Å². The topological polar surface area (TPSA) is 130 Å². The maximum Gasteiger partial charge on any atom is 0.239 e. The molecule has 0 saturated carbocycles. The summed E-state index contributed by atoms with van der Waals surface area (Å²) in [5.74, 6) is 1.38. The molecule has 1 fully saturated rings. The van der Waals surface area contributed by atoms with E-state index >= 15 is 0 Å². The molecule has 0 atom stereocenters. The van der Waals surface area contributed by atoms with Crippen molar-refractivity contribution >= 4 is 51.5 Å². The van der Waals surface area contributed by atoms with E-state index in [1.165, 1.54) is 35.9 Å². The van der Waals surface area contributed by atoms with Crippen LogP contribution in [-0.4, -0.2) is 52.7 Å². The molecule has 9 nitrogen and oxygen atoms in total. The number of anilines is 3. The predicted octanol–water partition coefficient (Wildman–Crippen LogP) is 3.15. The van der Waals surface area contributed by atoms with Gasteiger partial charge in [-0.25, -0.2) is 9.97 Å². The number of rotatable bonds is 5. The van der Waals surface area contributed by atoms with E-state index in [-0.39, 0.29) is 5.82 Å². The number of fused-ring (bicyclic) bond motifs is 3. The third kappa shape index (κ3) is 4.29. The molecule has 5 rings (SSSR count). The molecular formula is C21H25N7O2S. The normalized spacial score (nSPS) is 14.7. The summed E-state index contributed by atoms with van der Waals surface area (Å²) < 4.78 is 5.33. The zero-order valence-corrected chi connectivity index (χ0v) is 18.2. The first kappa shape index (κ1) is 21.0. The van der Waals surface area contributed by atoms with Gasteiger partial charge in [0.2, 0.25) is 12.3 Å². The molecule has 4 N–H and O–H groups in total. The fourth-order valence-electron chi connectivity index (χ4n) is 3.64. The number of nitrogens with zero attached hydrogens (tertiary/aromatic N) is 4. The van der Waals surface area contributed by atoms with Crippen molar-refractivity contribution in [1.82, 2.24) is 19.9 Å². The van der Waals surface area contributed by atoms with E-state index in [1.54, 1.807) is 35.7 Å². The van der Waals surface area contributed by atoms with Crippen molar-refractivity contribution in [3.8, 4) is 5.88 Å². The van der Waals surface area contributed by atoms with Crippen LogP contribution in [0.25, 0.3) is 10.2 Å². The number of aromatic nitrogens is 3. The SMILES string of the molecule is COc1nc(N)c(C=N)cc1Nc1ncnc2sc3c(c12)CCCC3.O=CN1CCC1. The van der Waals surface area contributed by atoms with E-state index in [2.05, 4.69) is 20.3 Å². The summed E-state index contributed by atoms with van der Waals surface area (Å²) in [5, 5.41) is 11.9. The average molecular weight is 440 g/mol. The molecule has 0 radical (unpaired) electrons. The van der Waals surface area contributed by atoms with Gasteiger partial charge in [-0.3, -0.25) is 4.79 Å². The third-order valence-electron chi connectivity index (χ3n) is 5.44. The molecule has 1 saturated heterocycles. The summed E-state index contributed by atoms with van der Waals surface area (Å²) in [6.07, 6.45) is 9.42. The van der Waals surface area contributed by atoms with Crippen molar-refractivity contribution in [3.63, 3.8) is 0 Å². The first-order valence-electron chi connectivity index (χ1n) is 10.2. The van der Waals surface area contributed by atoms with Gasteiger partial charge in [-0.1, -0.05) is 0 Å². The number of ether oxygens (including phenoxy) is 1. The molecule has 0 bridgehead atoms. The lowest BCUT2D eigenvalue weighted by Crippen LogP contribution is -2.35. The fraction of sp³-hybridized carbons (Fsp3) is 0.381. The van der Waals surface area contributed by atoms with Crippen molar-refractivity contribution in [1.29, 1.82) is 5.41 Å². The van der Waals surface area contributed by atoms with Crippen LogP contribution in [-0.2, 0) is 17.6 Å². The Hall–Kier alpha value is -3.27. The number of hydrogen-bond donors (Lipinski definition) is 3. The van der Waals surface area contributed by atoms with Crippen molar-refractivity contribution < 1.29 is 9.53 Å². The van der Waals surface area contributed by atoms with E-state index in [0.29, 0.717) is 17.1 Å². The molecule has 31 heavy (non-hydrogen) atoms. The van der Waals surface area contributed by atoms with Crippen LogP contribution >= 0.6 is 11.3 Å². The van der Waals surface area contributed by atoms with Crippen LogP contribution in [0, 0.1) is 5.41 Å². The first-order chi connectivity index (χ1) is 15.1. The van der Waals surface area contributed by atoms with Crippen LogP contribution in [0.4, 0.5) is 17.3 Å². The Kier molecular flexibility index (Phi) is 6.26. The number of aryl methyl sites for hydroxylation is 2. The Labute approximate surface area is 184 Å². The summed E-state index contributed by atoms with van der Waals surface area (Å²) in [5.41, 5.74) is 8.35. The number of methoxy groups -OCH3 is 1. The van der Waals surface area contributed by atoms with E-state index in [4.69, 9.17) is 15.9 Å². The van der Waals surface area contributed by atoms with Gasteiger partial charge >= 0.3 is 0 Å². The molecule has 0 unspecified atom stereocenters. The van der Waals surface area contributed by atoms with Crippen LogP contribution in [0.5, 0.6) is 5.88 Å². The van der Waals surface area contributed by atoms with Gasteiger partial charge in [0, 0.05) is 29.7 Å². The highest BCUT2D eigenvalue weighted by Crippen LogP contribution is 2.39. The monoisotopic (exact) mass is 439 g/mol. The van der Waals surface area contributed by atoms with Crippen molar-refractivity contribution in [2.24, 2.45) is 0 Å². The summed E-state index contributed by atoms with van der Waals surface area (Å²) >= 11 is 1.75. The van der Waals surface area contributed by atoms with Crippen molar-refractivity contribution in [2.45, 2.75) is 32.1 Å². The Morgan fingerprint density at radius 2 is 2.06 bits per heavy atom. The Morgan fingerprint density at radius 1 is 1.26 bits per heavy atom. The minimum Gasteiger partial charge on any atom is -0.479 e. The molecule has 162 valence electrons. The molecule has 3 aromatic heterocycles. The van der Waals surface area contributed by atoms with E-state index < -0.39 is 0 Å². The number of thiophene rings is 1. The van der Waals surface area contributed by atoms with E-state index in [1.807, 2.05) is 0 Å². The third-order valence-corrected chi connectivity index (χ3v) is 6.64. The van der Waals surface area contributed by atoms with Crippen LogP contribution in [0.2, 0.25) is 0 Å². The maximum atomic E-state index is 9.71. The molecule has 0 aromatic carbocycles. The highest BCUT2D eigenvalue weighted by Gasteiger charge is 2.21. The van der Waals surface area contributed by atoms with Gasteiger partial charge in [-0.05, 0) is 43.7 Å². The smallest absolute Gasteiger partial charge is 0.239 e. The molecule has 1 amide bonds. The van der Waals surface area contributed by atoms with Gasteiger partial charge in [0.15, 0.2) is 0 Å². The van der Waals surface area contributed by atoms with Crippen molar-refractivity contribution in [3.05, 3.63) is 28.4 Å². The summed E-state index contributed by atoms with van der Waals surface area (Å²) in [4.78, 5) is 27.0. The number of nitrogens with two attached hydrogens (primary N) is 1. The summed E-state index contributed by atoms with van der Waals surface area (Å²) in [7, 11) is 1.54. The lowest BCUT2D eigenvalue weighted by atomic mass is 9.97. The number of carbonyl (C=O) groups excluding carboxylic acids is 1. The molecule has 3 aromatic rings. The predicted molar refractivity (Wildman–Crippen MR) is 123 cm³/mol. The second-order valence-corrected chi connectivity index (χ2v) is 8.48. The minimum atomic E-state index is 0.262. The van der Waals surface area contributed by atoms with E-state index in [0.717, 1.165) is 48.4 Å². The number of likely N-dealkylation sites (tertiary alicyclic amines) is 1. The Morgan fingerprint density at radius 3 is 2.71 bits per heavy atom. The second kappa shape index (κ2) is 9.25. The molecule has 1 aliphatic heterocycles. The number of nitrogen functional groups attached to an aromatic ring is 1. The lowest BCUT2D eigenvalue weighted by Gasteiger charge is -2.25. The molecule has 0 spiro atoms. The molecule has 1 aliphatic carbocycles. The molecular weight excluding hydrogens is 414 g/mol. The van der Waals surface area contributed by atoms with Gasteiger partial charge in [-0.2, -0.15) is 4.98 Å². The fourth-order valence-corrected chi connectivity index (χ4v) is 4.87. The second-order valence-electron chi connectivity index (χ2n) is 7.40.